The molecule has 6 heteroatoms. The van der Waals surface area contributed by atoms with E-state index in [0.29, 0.717) is 18.1 Å². The number of nitrogens with one attached hydrogen (secondary N) is 1. The van der Waals surface area contributed by atoms with Crippen molar-refractivity contribution in [2.24, 2.45) is 5.92 Å². The molecule has 2 rings (SSSR count). The summed E-state index contributed by atoms with van der Waals surface area (Å²) in [6, 6.07) is 6.71. The molecule has 1 aromatic carbocycles. The monoisotopic (exact) mass is 354 g/mol. The Bertz CT molecular complexity index is 533. The summed E-state index contributed by atoms with van der Waals surface area (Å²) in [5.41, 5.74) is 0. The molecular formula is C15H19BrN2O3. The first-order valence-corrected chi connectivity index (χ1v) is 7.77. The van der Waals surface area contributed by atoms with Gasteiger partial charge in [0.1, 0.15) is 18.4 Å². The molecule has 5 nitrogen and oxygen atoms in total. The van der Waals surface area contributed by atoms with Crippen molar-refractivity contribution in [2.75, 3.05) is 13.2 Å². The number of halogens is 1. The van der Waals surface area contributed by atoms with Crippen molar-refractivity contribution in [1.29, 1.82) is 0 Å². The standard InChI is InChI=1S/C15H19BrN2O3/c1-10(2)8-13-14(19)18(15(20)17-13)6-7-21-12-5-3-4-11(16)9-12/h3-5,9-10,13H,6-8H2,1-2H3,(H,17,20)/t13-/m0/s1. The first-order chi connectivity index (χ1) is 9.97. The normalized spacial score (nSPS) is 18.3. The van der Waals surface area contributed by atoms with Crippen LogP contribution in [0.4, 0.5) is 4.79 Å². The fourth-order valence-corrected chi connectivity index (χ4v) is 2.61. The van der Waals surface area contributed by atoms with Gasteiger partial charge in [0.05, 0.1) is 6.54 Å². The minimum atomic E-state index is -0.400. The van der Waals surface area contributed by atoms with Crippen LogP contribution in [-0.4, -0.2) is 36.0 Å². The molecule has 0 spiro atoms. The van der Waals surface area contributed by atoms with E-state index in [1.165, 1.54) is 4.90 Å². The van der Waals surface area contributed by atoms with Crippen LogP contribution < -0.4 is 10.1 Å². The van der Waals surface area contributed by atoms with Crippen LogP contribution >= 0.6 is 15.9 Å². The van der Waals surface area contributed by atoms with Crippen LogP contribution in [0.3, 0.4) is 0 Å². The van der Waals surface area contributed by atoms with Gasteiger partial charge in [0.15, 0.2) is 0 Å². The second-order valence-electron chi connectivity index (χ2n) is 5.43. The Morgan fingerprint density at radius 1 is 1.38 bits per heavy atom. The second-order valence-corrected chi connectivity index (χ2v) is 6.34. The maximum atomic E-state index is 12.1. The minimum absolute atomic E-state index is 0.161. The van der Waals surface area contributed by atoms with Crippen molar-refractivity contribution in [2.45, 2.75) is 26.3 Å². The van der Waals surface area contributed by atoms with E-state index in [-0.39, 0.29) is 25.1 Å². The van der Waals surface area contributed by atoms with Gasteiger partial charge >= 0.3 is 6.03 Å². The van der Waals surface area contributed by atoms with E-state index in [4.69, 9.17) is 4.74 Å². The number of imide groups is 1. The summed E-state index contributed by atoms with van der Waals surface area (Å²) in [7, 11) is 0. The van der Waals surface area contributed by atoms with Crippen molar-refractivity contribution >= 4 is 27.9 Å². The Morgan fingerprint density at radius 3 is 2.81 bits per heavy atom. The highest BCUT2D eigenvalue weighted by Crippen LogP contribution is 2.18. The topological polar surface area (TPSA) is 58.6 Å². The van der Waals surface area contributed by atoms with Crippen molar-refractivity contribution in [3.05, 3.63) is 28.7 Å². The molecular weight excluding hydrogens is 336 g/mol. The molecule has 1 aliphatic heterocycles. The third-order valence-corrected chi connectivity index (χ3v) is 3.69. The third kappa shape index (κ3) is 4.20. The molecule has 1 aliphatic rings. The lowest BCUT2D eigenvalue weighted by molar-refractivity contribution is -0.128. The van der Waals surface area contributed by atoms with Crippen LogP contribution in [0.5, 0.6) is 5.75 Å². The molecule has 0 bridgehead atoms. The molecule has 1 aromatic rings. The molecule has 21 heavy (non-hydrogen) atoms. The van der Waals surface area contributed by atoms with Gasteiger partial charge in [0.2, 0.25) is 0 Å². The largest absolute Gasteiger partial charge is 0.492 e. The zero-order valence-corrected chi connectivity index (χ0v) is 13.7. The Morgan fingerprint density at radius 2 is 2.14 bits per heavy atom. The summed E-state index contributed by atoms with van der Waals surface area (Å²) < 4.78 is 6.48. The number of hydrogen-bond acceptors (Lipinski definition) is 3. The Hall–Kier alpha value is -1.56. The summed E-state index contributed by atoms with van der Waals surface area (Å²) in [6.07, 6.45) is 0.660. The van der Waals surface area contributed by atoms with Crippen LogP contribution in [0, 0.1) is 5.92 Å². The van der Waals surface area contributed by atoms with E-state index < -0.39 is 6.04 Å². The van der Waals surface area contributed by atoms with Gasteiger partial charge in [-0.2, -0.15) is 0 Å². The maximum absolute atomic E-state index is 12.1. The van der Waals surface area contributed by atoms with Crippen LogP contribution in [0.2, 0.25) is 0 Å². The predicted octanol–water partition coefficient (Wildman–Crippen LogP) is 2.79. The molecule has 0 unspecified atom stereocenters. The van der Waals surface area contributed by atoms with Crippen LogP contribution in [0.15, 0.2) is 28.7 Å². The van der Waals surface area contributed by atoms with Gasteiger partial charge < -0.3 is 10.1 Å². The number of benzene rings is 1. The van der Waals surface area contributed by atoms with E-state index in [0.717, 1.165) is 4.47 Å². The van der Waals surface area contributed by atoms with Gasteiger partial charge in [-0.05, 0) is 30.5 Å². The van der Waals surface area contributed by atoms with Crippen molar-refractivity contribution < 1.29 is 14.3 Å². The Balaban J connectivity index is 1.85. The summed E-state index contributed by atoms with van der Waals surface area (Å²) in [5, 5.41) is 2.72. The third-order valence-electron chi connectivity index (χ3n) is 3.19. The number of urea groups is 1. The number of nitrogens with zero attached hydrogens (tertiary/aromatic N) is 1. The molecule has 1 atom stereocenters. The minimum Gasteiger partial charge on any atom is -0.492 e. The molecule has 0 saturated carbocycles. The quantitative estimate of drug-likeness (QED) is 0.799. The summed E-state index contributed by atoms with van der Waals surface area (Å²) >= 11 is 3.36. The molecule has 0 aromatic heterocycles. The molecule has 0 aliphatic carbocycles. The fraction of sp³-hybridized carbons (Fsp3) is 0.467. The highest BCUT2D eigenvalue weighted by Gasteiger charge is 2.37. The second kappa shape index (κ2) is 6.93. The molecule has 0 radical (unpaired) electrons. The van der Waals surface area contributed by atoms with Crippen molar-refractivity contribution in [3.8, 4) is 5.75 Å². The number of rotatable bonds is 6. The van der Waals surface area contributed by atoms with Gasteiger partial charge in [0, 0.05) is 4.47 Å². The predicted molar refractivity (Wildman–Crippen MR) is 83.1 cm³/mol. The van der Waals surface area contributed by atoms with E-state index >= 15 is 0 Å². The lowest BCUT2D eigenvalue weighted by Gasteiger charge is -2.14. The molecule has 1 N–H and O–H groups in total. The lowest BCUT2D eigenvalue weighted by atomic mass is 10.0. The van der Waals surface area contributed by atoms with E-state index in [1.807, 2.05) is 38.1 Å². The maximum Gasteiger partial charge on any atom is 0.324 e. The van der Waals surface area contributed by atoms with Crippen molar-refractivity contribution in [1.82, 2.24) is 10.2 Å². The summed E-state index contributed by atoms with van der Waals surface area (Å²) in [4.78, 5) is 25.2. The number of carbonyl (C=O) groups is 2. The molecule has 114 valence electrons. The fourth-order valence-electron chi connectivity index (χ4n) is 2.23. The average molecular weight is 355 g/mol. The Kier molecular flexibility index (Phi) is 5.22. The molecule has 1 saturated heterocycles. The number of hydrogen-bond donors (Lipinski definition) is 1. The zero-order valence-electron chi connectivity index (χ0n) is 12.1. The van der Waals surface area contributed by atoms with Gasteiger partial charge in [-0.15, -0.1) is 0 Å². The zero-order chi connectivity index (χ0) is 15.4. The van der Waals surface area contributed by atoms with Crippen LogP contribution in [0.25, 0.3) is 0 Å². The summed E-state index contributed by atoms with van der Waals surface area (Å²) in [6.45, 7) is 4.59. The SMILES string of the molecule is CC(C)C[C@@H]1NC(=O)N(CCOc2cccc(Br)c2)C1=O. The van der Waals surface area contributed by atoms with Gasteiger partial charge in [0.25, 0.3) is 5.91 Å². The molecule has 1 fully saturated rings. The summed E-state index contributed by atoms with van der Waals surface area (Å²) in [5.74, 6) is 0.902. The van der Waals surface area contributed by atoms with Crippen LogP contribution in [0.1, 0.15) is 20.3 Å². The molecule has 1 heterocycles. The molecule has 3 amide bonds. The smallest absolute Gasteiger partial charge is 0.324 e. The van der Waals surface area contributed by atoms with E-state index in [1.54, 1.807) is 0 Å². The number of carbonyl (C=O) groups excluding carboxylic acids is 2. The highest BCUT2D eigenvalue weighted by atomic mass is 79.9. The van der Waals surface area contributed by atoms with Gasteiger partial charge in [-0.3, -0.25) is 9.69 Å². The van der Waals surface area contributed by atoms with Gasteiger partial charge in [-0.25, -0.2) is 4.79 Å². The van der Waals surface area contributed by atoms with E-state index in [2.05, 4.69) is 21.2 Å². The average Bonchev–Trinajstić information content (AvgIpc) is 2.65. The van der Waals surface area contributed by atoms with Gasteiger partial charge in [-0.1, -0.05) is 35.8 Å². The first-order valence-electron chi connectivity index (χ1n) is 6.97. The first kappa shape index (κ1) is 15.8. The number of ether oxygens (including phenoxy) is 1. The number of amides is 3. The van der Waals surface area contributed by atoms with Crippen LogP contribution in [-0.2, 0) is 4.79 Å². The van der Waals surface area contributed by atoms with Crippen molar-refractivity contribution in [3.63, 3.8) is 0 Å². The highest BCUT2D eigenvalue weighted by molar-refractivity contribution is 9.10. The van der Waals surface area contributed by atoms with E-state index in [9.17, 15) is 9.59 Å². The Labute approximate surface area is 132 Å². The lowest BCUT2D eigenvalue weighted by Crippen LogP contribution is -2.35.